The third kappa shape index (κ3) is 4.54. The molecule has 0 aliphatic rings. The number of nitrogens with one attached hydrogen (secondary N) is 1. The van der Waals surface area contributed by atoms with Crippen LogP contribution < -0.4 is 10.9 Å². The molecule has 0 atom stereocenters. The van der Waals surface area contributed by atoms with Crippen LogP contribution in [0.4, 0.5) is 0 Å². The van der Waals surface area contributed by atoms with Crippen molar-refractivity contribution in [3.05, 3.63) is 69.3 Å². The monoisotopic (exact) mass is 315 g/mol. The summed E-state index contributed by atoms with van der Waals surface area (Å²) in [6.45, 7) is 3.07. The highest BCUT2D eigenvalue weighted by molar-refractivity contribution is 5.93. The Morgan fingerprint density at radius 1 is 1.17 bits per heavy atom. The van der Waals surface area contributed by atoms with Crippen molar-refractivity contribution in [1.29, 1.82) is 0 Å². The van der Waals surface area contributed by atoms with Crippen LogP contribution in [0.3, 0.4) is 0 Å². The Kier molecular flexibility index (Phi) is 5.30. The number of hydrogen-bond donors (Lipinski definition) is 1. The highest BCUT2D eigenvalue weighted by Crippen LogP contribution is 2.12. The van der Waals surface area contributed by atoms with Crippen LogP contribution in [0.25, 0.3) is 0 Å². The van der Waals surface area contributed by atoms with Gasteiger partial charge < -0.3 is 14.5 Å². The van der Waals surface area contributed by atoms with Crippen molar-refractivity contribution in [3.8, 4) is 0 Å². The van der Waals surface area contributed by atoms with Gasteiger partial charge in [0.05, 0.1) is 0 Å². The first-order chi connectivity index (χ1) is 11.0. The SMILES string of the molecule is Cc1cc(=O)oc(C)c1C(=O)OCC(=O)NCc1ccccc1. The average molecular weight is 315 g/mol. The molecule has 0 fully saturated rings. The quantitative estimate of drug-likeness (QED) is 0.849. The standard InChI is InChI=1S/C17H17NO5/c1-11-8-15(20)23-12(2)16(11)17(21)22-10-14(19)18-9-13-6-4-3-5-7-13/h3-8H,9-10H2,1-2H3,(H,18,19). The summed E-state index contributed by atoms with van der Waals surface area (Å²) in [6, 6.07) is 10.6. The van der Waals surface area contributed by atoms with Gasteiger partial charge in [0, 0.05) is 12.6 Å². The van der Waals surface area contributed by atoms with E-state index in [0.717, 1.165) is 5.56 Å². The Labute approximate surface area is 133 Å². The number of esters is 1. The molecule has 120 valence electrons. The van der Waals surface area contributed by atoms with Crippen molar-refractivity contribution < 1.29 is 18.7 Å². The van der Waals surface area contributed by atoms with E-state index in [1.807, 2.05) is 30.3 Å². The summed E-state index contributed by atoms with van der Waals surface area (Å²) < 4.78 is 9.83. The van der Waals surface area contributed by atoms with Crippen molar-refractivity contribution in [2.24, 2.45) is 0 Å². The molecule has 2 aromatic rings. The topological polar surface area (TPSA) is 85.6 Å². The van der Waals surface area contributed by atoms with Crippen molar-refractivity contribution in [3.63, 3.8) is 0 Å². The van der Waals surface area contributed by atoms with Gasteiger partial charge in [-0.15, -0.1) is 0 Å². The highest BCUT2D eigenvalue weighted by atomic mass is 16.5. The van der Waals surface area contributed by atoms with Gasteiger partial charge in [0.15, 0.2) is 6.61 Å². The van der Waals surface area contributed by atoms with Gasteiger partial charge in [0.25, 0.3) is 5.91 Å². The second kappa shape index (κ2) is 7.40. The number of carbonyl (C=O) groups excluding carboxylic acids is 2. The predicted molar refractivity (Wildman–Crippen MR) is 83.0 cm³/mol. The number of rotatable bonds is 5. The molecule has 0 aliphatic carbocycles. The Hall–Kier alpha value is -2.89. The maximum Gasteiger partial charge on any atom is 0.342 e. The van der Waals surface area contributed by atoms with Crippen LogP contribution in [0.2, 0.25) is 0 Å². The largest absolute Gasteiger partial charge is 0.452 e. The van der Waals surface area contributed by atoms with E-state index in [-0.39, 0.29) is 11.3 Å². The molecule has 1 N–H and O–H groups in total. The van der Waals surface area contributed by atoms with Gasteiger partial charge in [-0.25, -0.2) is 9.59 Å². The van der Waals surface area contributed by atoms with E-state index >= 15 is 0 Å². The molecule has 6 heteroatoms. The smallest absolute Gasteiger partial charge is 0.342 e. The maximum atomic E-state index is 12.0. The molecule has 0 bridgehead atoms. The van der Waals surface area contributed by atoms with Gasteiger partial charge in [0.2, 0.25) is 0 Å². The first-order valence-corrected chi connectivity index (χ1v) is 7.06. The van der Waals surface area contributed by atoms with Gasteiger partial charge in [-0.3, -0.25) is 4.79 Å². The fraction of sp³-hybridized carbons (Fsp3) is 0.235. The summed E-state index contributed by atoms with van der Waals surface area (Å²) in [5.41, 5.74) is 1.04. The zero-order valence-electron chi connectivity index (χ0n) is 12.9. The molecule has 0 spiro atoms. The minimum Gasteiger partial charge on any atom is -0.452 e. The highest BCUT2D eigenvalue weighted by Gasteiger charge is 2.17. The van der Waals surface area contributed by atoms with E-state index in [4.69, 9.17) is 9.15 Å². The molecule has 0 radical (unpaired) electrons. The lowest BCUT2D eigenvalue weighted by Gasteiger charge is -2.09. The first kappa shape index (κ1) is 16.5. The van der Waals surface area contributed by atoms with Gasteiger partial charge in [0.1, 0.15) is 11.3 Å². The Morgan fingerprint density at radius 3 is 2.52 bits per heavy atom. The lowest BCUT2D eigenvalue weighted by atomic mass is 10.1. The zero-order chi connectivity index (χ0) is 16.8. The van der Waals surface area contributed by atoms with Crippen LogP contribution in [-0.4, -0.2) is 18.5 Å². The molecule has 6 nitrogen and oxygen atoms in total. The molecular weight excluding hydrogens is 298 g/mol. The molecule has 1 amide bonds. The predicted octanol–water partition coefficient (Wildman–Crippen LogP) is 1.73. The number of ether oxygens (including phenoxy) is 1. The average Bonchev–Trinajstić information content (AvgIpc) is 2.51. The van der Waals surface area contributed by atoms with Crippen LogP contribution in [0.15, 0.2) is 45.6 Å². The van der Waals surface area contributed by atoms with E-state index in [0.29, 0.717) is 12.1 Å². The van der Waals surface area contributed by atoms with Crippen LogP contribution >= 0.6 is 0 Å². The van der Waals surface area contributed by atoms with E-state index in [1.165, 1.54) is 13.0 Å². The molecule has 0 aliphatic heterocycles. The fourth-order valence-corrected chi connectivity index (χ4v) is 2.11. The van der Waals surface area contributed by atoms with Crippen LogP contribution in [-0.2, 0) is 16.1 Å². The molecule has 0 saturated heterocycles. The third-order valence-corrected chi connectivity index (χ3v) is 3.21. The first-order valence-electron chi connectivity index (χ1n) is 7.06. The van der Waals surface area contributed by atoms with E-state index in [1.54, 1.807) is 6.92 Å². The van der Waals surface area contributed by atoms with Crippen molar-refractivity contribution in [2.75, 3.05) is 6.61 Å². The summed E-state index contributed by atoms with van der Waals surface area (Å²) in [5, 5.41) is 2.65. The summed E-state index contributed by atoms with van der Waals surface area (Å²) >= 11 is 0. The Morgan fingerprint density at radius 2 is 1.87 bits per heavy atom. The number of hydrogen-bond acceptors (Lipinski definition) is 5. The number of carbonyl (C=O) groups is 2. The van der Waals surface area contributed by atoms with Crippen molar-refractivity contribution in [1.82, 2.24) is 5.32 Å². The number of benzene rings is 1. The normalized spacial score (nSPS) is 10.2. The van der Waals surface area contributed by atoms with E-state index in [2.05, 4.69) is 5.32 Å². The zero-order valence-corrected chi connectivity index (χ0v) is 12.9. The molecule has 23 heavy (non-hydrogen) atoms. The lowest BCUT2D eigenvalue weighted by Crippen LogP contribution is -2.28. The second-order valence-corrected chi connectivity index (χ2v) is 5.02. The number of amides is 1. The maximum absolute atomic E-state index is 12.0. The summed E-state index contributed by atoms with van der Waals surface area (Å²) in [4.78, 5) is 34.9. The molecular formula is C17H17NO5. The Balaban J connectivity index is 1.89. The molecule has 0 saturated carbocycles. The minimum atomic E-state index is -0.696. The third-order valence-electron chi connectivity index (χ3n) is 3.21. The molecule has 1 aromatic carbocycles. The van der Waals surface area contributed by atoms with Crippen LogP contribution in [0, 0.1) is 13.8 Å². The van der Waals surface area contributed by atoms with Gasteiger partial charge in [-0.05, 0) is 25.0 Å². The summed E-state index contributed by atoms with van der Waals surface area (Å²) in [5.74, 6) is -0.932. The van der Waals surface area contributed by atoms with E-state index < -0.39 is 24.1 Å². The van der Waals surface area contributed by atoms with E-state index in [9.17, 15) is 14.4 Å². The lowest BCUT2D eigenvalue weighted by molar-refractivity contribution is -0.124. The number of aryl methyl sites for hydroxylation is 2. The van der Waals surface area contributed by atoms with Gasteiger partial charge in [-0.2, -0.15) is 0 Å². The Bertz CT molecular complexity index is 738. The van der Waals surface area contributed by atoms with Crippen molar-refractivity contribution >= 4 is 11.9 Å². The van der Waals surface area contributed by atoms with Crippen LogP contribution in [0.5, 0.6) is 0 Å². The van der Waals surface area contributed by atoms with Crippen LogP contribution in [0.1, 0.15) is 27.2 Å². The van der Waals surface area contributed by atoms with Gasteiger partial charge >= 0.3 is 11.6 Å². The molecule has 0 unspecified atom stereocenters. The molecule has 2 rings (SSSR count). The molecule has 1 heterocycles. The molecule has 1 aromatic heterocycles. The summed E-state index contributed by atoms with van der Waals surface area (Å²) in [7, 11) is 0. The van der Waals surface area contributed by atoms with Crippen molar-refractivity contribution in [2.45, 2.75) is 20.4 Å². The van der Waals surface area contributed by atoms with Gasteiger partial charge in [-0.1, -0.05) is 30.3 Å². The second-order valence-electron chi connectivity index (χ2n) is 5.02. The fourth-order valence-electron chi connectivity index (χ4n) is 2.11. The minimum absolute atomic E-state index is 0.167. The summed E-state index contributed by atoms with van der Waals surface area (Å²) in [6.07, 6.45) is 0.